The molecule has 0 bridgehead atoms. The van der Waals surface area contributed by atoms with Gasteiger partial charge in [0, 0.05) is 57.3 Å². The maximum Gasteiger partial charge on any atom is 0.272 e. The summed E-state index contributed by atoms with van der Waals surface area (Å²) in [5.41, 5.74) is 2.73. The average Bonchev–Trinajstić information content (AvgIpc) is 3.96. The van der Waals surface area contributed by atoms with Crippen LogP contribution >= 0.6 is 34.5 Å². The molecule has 2 aliphatic rings. The molecule has 60 heavy (non-hydrogen) atoms. The zero-order chi connectivity index (χ0) is 42.4. The van der Waals surface area contributed by atoms with Crippen molar-refractivity contribution in [3.05, 3.63) is 68.3 Å². The zero-order valence-corrected chi connectivity index (χ0v) is 38.6. The van der Waals surface area contributed by atoms with E-state index >= 15 is 0 Å². The van der Waals surface area contributed by atoms with Crippen LogP contribution in [-0.4, -0.2) is 159 Å². The highest BCUT2D eigenvalue weighted by Gasteiger charge is 2.36. The summed E-state index contributed by atoms with van der Waals surface area (Å²) in [5, 5.41) is 2.59. The van der Waals surface area contributed by atoms with Crippen molar-refractivity contribution in [1.82, 2.24) is 9.80 Å². The number of para-hydroxylation sites is 2. The lowest BCUT2D eigenvalue weighted by atomic mass is 10.1. The van der Waals surface area contributed by atoms with Crippen LogP contribution in [0.25, 0.3) is 0 Å². The Morgan fingerprint density at radius 1 is 0.750 bits per heavy atom. The van der Waals surface area contributed by atoms with Gasteiger partial charge in [-0.1, -0.05) is 35.3 Å². The van der Waals surface area contributed by atoms with Crippen molar-refractivity contribution in [2.45, 2.75) is 38.1 Å². The van der Waals surface area contributed by atoms with E-state index in [2.05, 4.69) is 32.1 Å². The molecule has 5 rings (SSSR count). The van der Waals surface area contributed by atoms with Crippen molar-refractivity contribution in [2.75, 3.05) is 131 Å². The van der Waals surface area contributed by atoms with Gasteiger partial charge in [0.1, 0.15) is 10.6 Å². The van der Waals surface area contributed by atoms with Crippen LogP contribution in [0.2, 0.25) is 10.0 Å². The van der Waals surface area contributed by atoms with Gasteiger partial charge < -0.3 is 60.2 Å². The fourth-order valence-electron chi connectivity index (χ4n) is 6.42. The number of carbonyl (C=O) groups is 3. The molecule has 1 aromatic heterocycles. The Morgan fingerprint density at radius 2 is 1.35 bits per heavy atom. The molecule has 2 aromatic carbocycles. The van der Waals surface area contributed by atoms with Crippen molar-refractivity contribution in [2.24, 2.45) is 0 Å². The molecule has 1 aliphatic carbocycles. The lowest BCUT2D eigenvalue weighted by Crippen LogP contribution is -3.00. The van der Waals surface area contributed by atoms with Crippen molar-refractivity contribution in [3.8, 4) is 11.5 Å². The number of nitrogens with zero attached hydrogens (tertiary/aromatic N) is 5. The van der Waals surface area contributed by atoms with E-state index in [0.29, 0.717) is 111 Å². The highest BCUT2D eigenvalue weighted by Crippen LogP contribution is 2.42. The van der Waals surface area contributed by atoms with Crippen molar-refractivity contribution in [3.63, 3.8) is 0 Å². The third kappa shape index (κ3) is 15.3. The first-order chi connectivity index (χ1) is 28.3. The van der Waals surface area contributed by atoms with Crippen LogP contribution < -0.4 is 26.9 Å². The number of carbonyl (C=O) groups excluding carboxylic acids is 3. The van der Waals surface area contributed by atoms with Crippen LogP contribution in [0.4, 0.5) is 11.4 Å². The Balaban J connectivity index is 0.00000794. The van der Waals surface area contributed by atoms with E-state index in [1.54, 1.807) is 35.0 Å². The van der Waals surface area contributed by atoms with Gasteiger partial charge in [0.2, 0.25) is 11.8 Å². The second-order valence-corrected chi connectivity index (χ2v) is 17.5. The Bertz CT molecular complexity index is 1840. The van der Waals surface area contributed by atoms with E-state index in [4.69, 9.17) is 46.9 Å². The number of hydrogen-bond donors (Lipinski definition) is 0. The number of aryl methyl sites for hydroxylation is 1. The van der Waals surface area contributed by atoms with Crippen LogP contribution in [0.3, 0.4) is 0 Å². The number of rotatable bonds is 25. The maximum atomic E-state index is 13.9. The zero-order valence-electron chi connectivity index (χ0n) is 35.5. The van der Waals surface area contributed by atoms with E-state index in [-0.39, 0.29) is 36.5 Å². The number of ether oxygens (including phenoxy) is 5. The van der Waals surface area contributed by atoms with E-state index in [1.807, 2.05) is 35.5 Å². The molecule has 3 amide bonds. The highest BCUT2D eigenvalue weighted by molar-refractivity contribution is 7.12. The summed E-state index contributed by atoms with van der Waals surface area (Å²) in [7, 11) is 9.88. The number of thiophene rings is 1. The molecular formula is C43H60Cl3N5O8S. The third-order valence-electron chi connectivity index (χ3n) is 10.1. The van der Waals surface area contributed by atoms with Gasteiger partial charge in [0.15, 0.2) is 5.75 Å². The number of hydrogen-bond acceptors (Lipinski definition) is 10. The molecule has 0 unspecified atom stereocenters. The predicted octanol–water partition coefficient (Wildman–Crippen LogP) is 3.49. The minimum Gasteiger partial charge on any atom is -1.00 e. The molecule has 17 heteroatoms. The maximum absolute atomic E-state index is 13.9. The molecule has 0 atom stereocenters. The molecule has 1 fully saturated rings. The number of likely N-dealkylation sites (N-methyl/N-ethyl adjacent to an activating group) is 3. The number of amides is 3. The lowest BCUT2D eigenvalue weighted by Gasteiger charge is -2.37. The molecule has 2 heterocycles. The monoisotopic (exact) mass is 911 g/mol. The summed E-state index contributed by atoms with van der Waals surface area (Å²) in [6.45, 7) is 6.71. The van der Waals surface area contributed by atoms with Gasteiger partial charge in [-0.3, -0.25) is 14.4 Å². The normalized spacial score (nSPS) is 13.8. The number of anilines is 2. The Labute approximate surface area is 375 Å². The first kappa shape index (κ1) is 49.5. The van der Waals surface area contributed by atoms with E-state index in [9.17, 15) is 14.4 Å². The SMILES string of the molecule is CN(CCOCCOCCOCCOCCC(=O)N(C)CC[N+](C)(C)C)C(=O)CCc1cc(Cl)c(Oc2ccsc2C(=O)N2CCN(C3CC3)c3ccccc32)cc1Cl.[Cl-]. The molecule has 13 nitrogen and oxygen atoms in total. The summed E-state index contributed by atoms with van der Waals surface area (Å²) in [6, 6.07) is 13.8. The van der Waals surface area contributed by atoms with Crippen LogP contribution in [0, 0.1) is 0 Å². The minimum atomic E-state index is -0.116. The Kier molecular flexibility index (Phi) is 20.2. The fraction of sp³-hybridized carbons (Fsp3) is 0.558. The second kappa shape index (κ2) is 24.5. The molecule has 0 spiro atoms. The topological polar surface area (TPSA) is 110 Å². The standard InChI is InChI=1S/C43H60Cl2N5O8S.ClH/c1-46(18-20-50(3,4)5)41(52)14-21-54-23-25-56-27-28-57-26-24-55-22-19-47(2)40(51)13-10-32-30-35(45)39(31-34(32)44)58-38-15-29-59-42(38)43(53)49-17-16-48(33-11-12-33)36-8-6-7-9-37(36)49;/h6-9,15,29-31,33H,10-14,16-28H2,1-5H3;1H/q+1;/p-1. The first-order valence-electron chi connectivity index (χ1n) is 20.3. The number of fused-ring (bicyclic) bond motifs is 1. The summed E-state index contributed by atoms with van der Waals surface area (Å²) in [5.74, 6) is 0.671. The third-order valence-corrected chi connectivity index (χ3v) is 11.7. The van der Waals surface area contributed by atoms with Gasteiger partial charge in [-0.05, 0) is 54.5 Å². The molecule has 3 aromatic rings. The molecule has 0 N–H and O–H groups in total. The van der Waals surface area contributed by atoms with Gasteiger partial charge in [0.25, 0.3) is 5.91 Å². The molecule has 332 valence electrons. The molecule has 0 saturated heterocycles. The van der Waals surface area contributed by atoms with E-state index in [0.717, 1.165) is 41.1 Å². The van der Waals surface area contributed by atoms with E-state index in [1.165, 1.54) is 24.2 Å². The Morgan fingerprint density at radius 3 is 2.00 bits per heavy atom. The number of halogens is 3. The number of benzene rings is 2. The largest absolute Gasteiger partial charge is 1.00 e. The molecule has 1 aliphatic heterocycles. The van der Waals surface area contributed by atoms with Crippen LogP contribution in [0.5, 0.6) is 11.5 Å². The molecule has 1 saturated carbocycles. The predicted molar refractivity (Wildman–Crippen MR) is 234 cm³/mol. The molecular weight excluding hydrogens is 853 g/mol. The van der Waals surface area contributed by atoms with Gasteiger partial charge in [-0.2, -0.15) is 0 Å². The van der Waals surface area contributed by atoms with E-state index < -0.39 is 0 Å². The number of quaternary nitrogens is 1. The van der Waals surface area contributed by atoms with Gasteiger partial charge in [-0.15, -0.1) is 11.3 Å². The first-order valence-corrected chi connectivity index (χ1v) is 22.0. The van der Waals surface area contributed by atoms with Gasteiger partial charge in [-0.25, -0.2) is 0 Å². The van der Waals surface area contributed by atoms with Crippen LogP contribution in [-0.2, 0) is 35.0 Å². The summed E-state index contributed by atoms with van der Waals surface area (Å²) in [4.78, 5) is 47.1. The van der Waals surface area contributed by atoms with Crippen LogP contribution in [0.15, 0.2) is 47.8 Å². The van der Waals surface area contributed by atoms with Crippen molar-refractivity contribution >= 4 is 63.6 Å². The average molecular weight is 913 g/mol. The van der Waals surface area contributed by atoms with Crippen molar-refractivity contribution in [1.29, 1.82) is 0 Å². The second-order valence-electron chi connectivity index (χ2n) is 15.8. The van der Waals surface area contributed by atoms with Crippen LogP contribution in [0.1, 0.15) is 40.9 Å². The summed E-state index contributed by atoms with van der Waals surface area (Å²) < 4.78 is 29.3. The lowest BCUT2D eigenvalue weighted by molar-refractivity contribution is -0.869. The van der Waals surface area contributed by atoms with Gasteiger partial charge >= 0.3 is 0 Å². The quantitative estimate of drug-likeness (QED) is 0.0934. The highest BCUT2D eigenvalue weighted by atomic mass is 35.5. The van der Waals surface area contributed by atoms with Gasteiger partial charge in [0.05, 0.1) is 110 Å². The van der Waals surface area contributed by atoms with Crippen molar-refractivity contribution < 1.29 is 55.0 Å². The summed E-state index contributed by atoms with van der Waals surface area (Å²) in [6.07, 6.45) is 3.37. The molecule has 0 radical (unpaired) electrons. The smallest absolute Gasteiger partial charge is 0.272 e. The minimum absolute atomic E-state index is 0. The Hall–Kier alpha value is -3.18. The summed E-state index contributed by atoms with van der Waals surface area (Å²) >= 11 is 14.7. The fourth-order valence-corrected chi connectivity index (χ4v) is 7.66.